The number of carboxylic acids is 1. The molecule has 106 valence electrons. The summed E-state index contributed by atoms with van der Waals surface area (Å²) in [6.07, 6.45) is -3.80. The number of rotatable bonds is 6. The van der Waals surface area contributed by atoms with Crippen LogP contribution in [0.2, 0.25) is 5.02 Å². The summed E-state index contributed by atoms with van der Waals surface area (Å²) in [5.74, 6) is -1.67. The van der Waals surface area contributed by atoms with Crippen LogP contribution < -0.4 is 9.47 Å². The monoisotopic (exact) mass is 334 g/mol. The lowest BCUT2D eigenvalue weighted by Crippen LogP contribution is -2.32. The third kappa shape index (κ3) is 4.89. The van der Waals surface area contributed by atoms with E-state index in [1.807, 2.05) is 0 Å². The molecular weight excluding hydrogens is 328 g/mol. The first kappa shape index (κ1) is 16.1. The molecule has 0 amide bonds. The lowest BCUT2D eigenvalue weighted by Gasteiger charge is -2.19. The van der Waals surface area contributed by atoms with Gasteiger partial charge in [-0.3, -0.25) is 0 Å². The Balaban J connectivity index is 2.87. The van der Waals surface area contributed by atoms with Crippen LogP contribution >= 0.6 is 34.8 Å². The summed E-state index contributed by atoms with van der Waals surface area (Å²) in [6, 6.07) is 3.36. The fraction of sp³-hybridized carbons (Fsp3) is 0.300. The molecule has 1 N–H and O–H groups in total. The maximum atomic E-state index is 13.1. The van der Waals surface area contributed by atoms with Gasteiger partial charge in [0.2, 0.25) is 4.84 Å². The van der Waals surface area contributed by atoms with Crippen LogP contribution in [0.25, 0.3) is 0 Å². The van der Waals surface area contributed by atoms with E-state index in [4.69, 9.17) is 44.6 Å². The molecule has 0 unspecified atom stereocenters. The van der Waals surface area contributed by atoms with E-state index in [1.165, 1.54) is 6.07 Å². The summed E-state index contributed by atoms with van der Waals surface area (Å²) in [7, 11) is 0. The molecule has 4 nitrogen and oxygen atoms in total. The van der Waals surface area contributed by atoms with Crippen LogP contribution in [0, 0.1) is 0 Å². The largest absolute Gasteiger partial charge is 0.480 e. The highest BCUT2D eigenvalue weighted by Crippen LogP contribution is 2.34. The fourth-order valence-corrected chi connectivity index (χ4v) is 1.26. The summed E-state index contributed by atoms with van der Waals surface area (Å²) < 4.78 is 35.3. The van der Waals surface area contributed by atoms with Crippen LogP contribution in [0.1, 0.15) is 0 Å². The molecule has 19 heavy (non-hydrogen) atoms. The molecule has 0 fully saturated rings. The maximum Gasteiger partial charge on any atom is 0.428 e. The highest BCUT2D eigenvalue weighted by molar-refractivity contribution is 6.44. The van der Waals surface area contributed by atoms with Gasteiger partial charge in [0.1, 0.15) is 11.5 Å². The molecule has 9 heteroatoms. The number of hydrogen-bond acceptors (Lipinski definition) is 3. The van der Waals surface area contributed by atoms with Crippen molar-refractivity contribution >= 4 is 40.8 Å². The quantitative estimate of drug-likeness (QED) is 0.807. The zero-order valence-electron chi connectivity index (χ0n) is 9.08. The van der Waals surface area contributed by atoms with Crippen molar-refractivity contribution in [2.24, 2.45) is 0 Å². The normalized spacial score (nSPS) is 11.5. The highest BCUT2D eigenvalue weighted by Gasteiger charge is 2.40. The molecule has 1 aromatic carbocycles. The van der Waals surface area contributed by atoms with E-state index in [1.54, 1.807) is 0 Å². The predicted molar refractivity (Wildman–Crippen MR) is 65.7 cm³/mol. The molecule has 0 spiro atoms. The molecule has 0 heterocycles. The van der Waals surface area contributed by atoms with Crippen molar-refractivity contribution < 1.29 is 28.2 Å². The minimum atomic E-state index is -3.80. The average molecular weight is 336 g/mol. The van der Waals surface area contributed by atoms with Crippen LogP contribution in [0.5, 0.6) is 11.5 Å². The number of ether oxygens (including phenoxy) is 2. The Hall–Kier alpha value is -0.980. The molecule has 0 radical (unpaired) electrons. The topological polar surface area (TPSA) is 55.8 Å². The zero-order chi connectivity index (χ0) is 14.6. The summed E-state index contributed by atoms with van der Waals surface area (Å²) in [5, 5.41) is 8.49. The van der Waals surface area contributed by atoms with E-state index >= 15 is 0 Å². The smallest absolute Gasteiger partial charge is 0.428 e. The van der Waals surface area contributed by atoms with E-state index in [-0.39, 0.29) is 16.5 Å². The molecule has 0 aliphatic carbocycles. The lowest BCUT2D eigenvalue weighted by molar-refractivity contribution is -0.163. The fourth-order valence-electron chi connectivity index (χ4n) is 0.999. The minimum absolute atomic E-state index is 0.0465. The van der Waals surface area contributed by atoms with E-state index in [2.05, 4.69) is 4.74 Å². The van der Waals surface area contributed by atoms with Gasteiger partial charge in [0.25, 0.3) is 0 Å². The Morgan fingerprint density at radius 2 is 2.05 bits per heavy atom. The second kappa shape index (κ2) is 6.45. The molecule has 0 bridgehead atoms. The molecule has 0 saturated heterocycles. The van der Waals surface area contributed by atoms with Gasteiger partial charge in [0.05, 0.1) is 5.02 Å². The number of aliphatic carboxylic acids is 1. The number of halogens is 5. The molecular formula is C10H7Cl3F2O4. The number of hydrogen-bond donors (Lipinski definition) is 1. The number of benzene rings is 1. The first-order valence-corrected chi connectivity index (χ1v) is 5.96. The molecule has 0 atom stereocenters. The molecule has 1 aromatic rings. The maximum absolute atomic E-state index is 13.1. The van der Waals surface area contributed by atoms with Crippen molar-refractivity contribution in [3.63, 3.8) is 0 Å². The van der Waals surface area contributed by atoms with Crippen molar-refractivity contribution in [3.05, 3.63) is 23.2 Å². The first-order chi connectivity index (χ1) is 8.72. The predicted octanol–water partition coefficient (Wildman–Crippen LogP) is 3.58. The van der Waals surface area contributed by atoms with Gasteiger partial charge in [-0.05, 0) is 12.1 Å². The lowest BCUT2D eigenvalue weighted by atomic mass is 10.3. The second-order valence-electron chi connectivity index (χ2n) is 3.24. The summed E-state index contributed by atoms with van der Waals surface area (Å²) in [4.78, 5) is 8.27. The highest BCUT2D eigenvalue weighted by atomic mass is 35.5. The minimum Gasteiger partial charge on any atom is -0.480 e. The number of carboxylic acid groups (broad SMARTS) is 1. The molecule has 0 aliphatic heterocycles. The zero-order valence-corrected chi connectivity index (χ0v) is 11.3. The third-order valence-corrected chi connectivity index (χ3v) is 2.58. The summed E-state index contributed by atoms with van der Waals surface area (Å²) >= 11 is 15.8. The van der Waals surface area contributed by atoms with Gasteiger partial charge < -0.3 is 14.6 Å². The number of alkyl halides is 4. The van der Waals surface area contributed by atoms with Crippen molar-refractivity contribution in [3.8, 4) is 11.5 Å². The standard InChI is InChI=1S/C10H7Cl3F2O4/c11-6-2-1-5(19-10(14,15)9(12)13)3-7(6)18-4-8(16)17/h1-3,9H,4H2,(H,16,17). The molecule has 0 saturated carbocycles. The number of carbonyl (C=O) groups is 1. The van der Waals surface area contributed by atoms with Gasteiger partial charge in [-0.1, -0.05) is 34.8 Å². The molecule has 0 aromatic heterocycles. The van der Waals surface area contributed by atoms with Crippen molar-refractivity contribution in [2.45, 2.75) is 10.9 Å². The van der Waals surface area contributed by atoms with Crippen molar-refractivity contribution in [1.82, 2.24) is 0 Å². The van der Waals surface area contributed by atoms with Crippen LogP contribution in [-0.4, -0.2) is 28.6 Å². The van der Waals surface area contributed by atoms with Crippen LogP contribution in [-0.2, 0) is 4.79 Å². The summed E-state index contributed by atoms with van der Waals surface area (Å²) in [6.45, 7) is -0.673. The molecule has 1 rings (SSSR count). The van der Waals surface area contributed by atoms with E-state index in [0.29, 0.717) is 0 Å². The summed E-state index contributed by atoms with van der Waals surface area (Å²) in [5.41, 5.74) is 0. The Bertz CT molecular complexity index is 468. The SMILES string of the molecule is O=C(O)COc1cc(OC(F)(F)C(Cl)Cl)ccc1Cl. The van der Waals surface area contributed by atoms with E-state index in [9.17, 15) is 13.6 Å². The van der Waals surface area contributed by atoms with Gasteiger partial charge in [0, 0.05) is 6.07 Å². The van der Waals surface area contributed by atoms with Crippen LogP contribution in [0.3, 0.4) is 0 Å². The van der Waals surface area contributed by atoms with Gasteiger partial charge >= 0.3 is 12.1 Å². The Morgan fingerprint density at radius 1 is 1.42 bits per heavy atom. The van der Waals surface area contributed by atoms with Gasteiger partial charge in [-0.15, -0.1) is 0 Å². The average Bonchev–Trinajstić information content (AvgIpc) is 2.29. The van der Waals surface area contributed by atoms with Crippen LogP contribution in [0.15, 0.2) is 18.2 Å². The first-order valence-electron chi connectivity index (χ1n) is 4.71. The second-order valence-corrected chi connectivity index (χ2v) is 4.74. The van der Waals surface area contributed by atoms with Crippen molar-refractivity contribution in [2.75, 3.05) is 6.61 Å². The van der Waals surface area contributed by atoms with E-state index in [0.717, 1.165) is 12.1 Å². The van der Waals surface area contributed by atoms with Crippen LogP contribution in [0.4, 0.5) is 8.78 Å². The van der Waals surface area contributed by atoms with Gasteiger partial charge in [0.15, 0.2) is 6.61 Å². The van der Waals surface area contributed by atoms with Gasteiger partial charge in [-0.25, -0.2) is 4.79 Å². The Labute approximate surface area is 121 Å². The van der Waals surface area contributed by atoms with E-state index < -0.39 is 23.5 Å². The van der Waals surface area contributed by atoms with Crippen molar-refractivity contribution in [1.29, 1.82) is 0 Å². The van der Waals surface area contributed by atoms with Gasteiger partial charge in [-0.2, -0.15) is 8.78 Å². The Kier molecular flexibility index (Phi) is 5.46. The Morgan fingerprint density at radius 3 is 2.58 bits per heavy atom. The third-order valence-electron chi connectivity index (χ3n) is 1.76. The molecule has 0 aliphatic rings.